The normalized spacial score (nSPS) is 11.7. The molecule has 0 radical (unpaired) electrons. The van der Waals surface area contributed by atoms with Crippen molar-refractivity contribution in [2.75, 3.05) is 0 Å². The molecule has 0 aliphatic heterocycles. The molecule has 0 fully saturated rings. The maximum Gasteiger partial charge on any atom is 0.328 e. The second kappa shape index (κ2) is 16.1. The van der Waals surface area contributed by atoms with Gasteiger partial charge in [0.15, 0.2) is 11.5 Å². The Balaban J connectivity index is 0.833. The van der Waals surface area contributed by atoms with Crippen LogP contribution in [0.4, 0.5) is 0 Å². The number of nitrogens with zero attached hydrogens (tertiary/aromatic N) is 6. The molecule has 0 atom stereocenters. The lowest BCUT2D eigenvalue weighted by Crippen LogP contribution is -2.25. The first kappa shape index (κ1) is 39.6. The largest absolute Gasteiger partial charge is 0.328 e. The van der Waals surface area contributed by atoms with E-state index in [0.717, 1.165) is 84.1 Å². The SMILES string of the molecule is c1ccc(-c2cc(-c3ccc(-n4c5ccccc5c5cc(-c6ccc7c(c6)c6ccccc6n7-c6ccc(-c7nc(-c8ccccc8)nc8ccccc78)cc6)ccc54)cc3)[n+]3ccccc3n2)cc1. The van der Waals surface area contributed by atoms with E-state index in [1.807, 2.05) is 36.4 Å². The highest BCUT2D eigenvalue weighted by molar-refractivity contribution is 6.13. The third-order valence-electron chi connectivity index (χ3n) is 13.8. The molecule has 0 bridgehead atoms. The van der Waals surface area contributed by atoms with E-state index in [0.29, 0.717) is 0 Å². The predicted molar refractivity (Wildman–Crippen MR) is 286 cm³/mol. The lowest BCUT2D eigenvalue weighted by molar-refractivity contribution is -0.502. The van der Waals surface area contributed by atoms with E-state index in [9.17, 15) is 0 Å². The number of hydrogen-bond acceptors (Lipinski definition) is 3. The zero-order chi connectivity index (χ0) is 46.1. The van der Waals surface area contributed by atoms with Gasteiger partial charge >= 0.3 is 5.65 Å². The summed E-state index contributed by atoms with van der Waals surface area (Å²) in [7, 11) is 0. The van der Waals surface area contributed by atoms with Crippen LogP contribution in [-0.2, 0) is 0 Å². The molecular formula is C64H41N6+. The van der Waals surface area contributed by atoms with Crippen LogP contribution >= 0.6 is 0 Å². The maximum absolute atomic E-state index is 5.14. The molecule has 0 amide bonds. The third-order valence-corrected chi connectivity index (χ3v) is 13.8. The fourth-order valence-corrected chi connectivity index (χ4v) is 10.5. The van der Waals surface area contributed by atoms with Crippen LogP contribution in [-0.4, -0.2) is 24.1 Å². The third kappa shape index (κ3) is 6.49. The van der Waals surface area contributed by atoms with Gasteiger partial charge in [-0.05, 0) is 101 Å². The van der Waals surface area contributed by atoms with Gasteiger partial charge in [0.05, 0.1) is 39.5 Å². The molecule has 0 spiro atoms. The van der Waals surface area contributed by atoms with Crippen molar-refractivity contribution in [1.29, 1.82) is 0 Å². The first-order chi connectivity index (χ1) is 34.7. The molecule has 14 rings (SSSR count). The number of pyridine rings is 1. The average Bonchev–Trinajstić information content (AvgIpc) is 3.95. The van der Waals surface area contributed by atoms with Crippen molar-refractivity contribution < 1.29 is 4.40 Å². The second-order valence-electron chi connectivity index (χ2n) is 17.9. The Morgan fingerprint density at radius 3 is 1.44 bits per heavy atom. The van der Waals surface area contributed by atoms with E-state index in [1.165, 1.54) is 43.7 Å². The summed E-state index contributed by atoms with van der Waals surface area (Å²) in [6, 6.07) is 86.3. The summed E-state index contributed by atoms with van der Waals surface area (Å²) >= 11 is 0. The van der Waals surface area contributed by atoms with Gasteiger partial charge in [0.25, 0.3) is 0 Å². The van der Waals surface area contributed by atoms with E-state index < -0.39 is 0 Å². The van der Waals surface area contributed by atoms with Crippen LogP contribution in [0.3, 0.4) is 0 Å². The van der Waals surface area contributed by atoms with Crippen LogP contribution in [0, 0.1) is 0 Å². The quantitative estimate of drug-likeness (QED) is 0.150. The minimum Gasteiger partial charge on any atom is -0.309 e. The van der Waals surface area contributed by atoms with Crippen molar-refractivity contribution in [3.8, 4) is 67.7 Å². The summed E-state index contributed by atoms with van der Waals surface area (Å²) < 4.78 is 6.94. The molecule has 0 aliphatic rings. The first-order valence-electron chi connectivity index (χ1n) is 23.7. The molecule has 5 heterocycles. The lowest BCUT2D eigenvalue weighted by atomic mass is 10.0. The predicted octanol–water partition coefficient (Wildman–Crippen LogP) is 15.3. The summed E-state index contributed by atoms with van der Waals surface area (Å²) in [4.78, 5) is 15.1. The highest BCUT2D eigenvalue weighted by atomic mass is 15.0. The molecule has 70 heavy (non-hydrogen) atoms. The Bertz CT molecular complexity index is 4040. The van der Waals surface area contributed by atoms with Gasteiger partial charge in [-0.15, -0.1) is 0 Å². The van der Waals surface area contributed by atoms with Crippen LogP contribution in [0.5, 0.6) is 0 Å². The van der Waals surface area contributed by atoms with E-state index in [-0.39, 0.29) is 0 Å². The highest BCUT2D eigenvalue weighted by Crippen LogP contribution is 2.39. The highest BCUT2D eigenvalue weighted by Gasteiger charge is 2.20. The topological polar surface area (TPSA) is 52.6 Å². The summed E-state index contributed by atoms with van der Waals surface area (Å²) in [5.41, 5.74) is 18.3. The molecule has 5 aromatic heterocycles. The molecule has 0 saturated heterocycles. The average molecular weight is 894 g/mol. The van der Waals surface area contributed by atoms with E-state index in [2.05, 4.69) is 226 Å². The minimum absolute atomic E-state index is 0.722. The van der Waals surface area contributed by atoms with Crippen molar-refractivity contribution >= 4 is 60.2 Å². The Hall–Kier alpha value is -9.52. The second-order valence-corrected chi connectivity index (χ2v) is 17.9. The summed E-state index contributed by atoms with van der Waals surface area (Å²) in [6.07, 6.45) is 2.09. The van der Waals surface area contributed by atoms with Crippen LogP contribution in [0.15, 0.2) is 249 Å². The standard InChI is InChI=1S/C64H41N6/c1-3-15-42(16-4-1)56-41-61(68-38-14-13-25-62(68)65-56)43-26-32-48(33-27-43)69-57-23-11-8-19-50(57)53-39-46(30-36-59(53)69)47-31-37-60-54(40-47)51-20-9-12-24-58(51)70(60)49-34-28-44(29-35-49)63-52-21-7-10-22-55(52)66-64(67-63)45-17-5-2-6-18-45/h1-41H/q+1. The van der Waals surface area contributed by atoms with Crippen LogP contribution < -0.4 is 4.40 Å². The number of rotatable bonds is 7. The number of hydrogen-bond donors (Lipinski definition) is 0. The molecule has 6 nitrogen and oxygen atoms in total. The Kier molecular flexibility index (Phi) is 9.10. The molecule has 0 N–H and O–H groups in total. The zero-order valence-electron chi connectivity index (χ0n) is 37.9. The molecule has 326 valence electrons. The van der Waals surface area contributed by atoms with Gasteiger partial charge in [0.1, 0.15) is 5.69 Å². The van der Waals surface area contributed by atoms with Crippen molar-refractivity contribution in [2.24, 2.45) is 0 Å². The van der Waals surface area contributed by atoms with Crippen molar-refractivity contribution in [1.82, 2.24) is 24.1 Å². The van der Waals surface area contributed by atoms with Gasteiger partial charge in [-0.2, -0.15) is 4.40 Å². The lowest BCUT2D eigenvalue weighted by Gasteiger charge is -2.12. The number of aromatic nitrogens is 6. The minimum atomic E-state index is 0.722. The van der Waals surface area contributed by atoms with Crippen molar-refractivity contribution in [3.63, 3.8) is 0 Å². The summed E-state index contributed by atoms with van der Waals surface area (Å²) in [6.45, 7) is 0. The van der Waals surface area contributed by atoms with Gasteiger partial charge in [-0.25, -0.2) is 9.97 Å². The number of benzene rings is 9. The van der Waals surface area contributed by atoms with E-state index in [4.69, 9.17) is 15.0 Å². The smallest absolute Gasteiger partial charge is 0.309 e. The van der Waals surface area contributed by atoms with Gasteiger partial charge < -0.3 is 9.13 Å². The van der Waals surface area contributed by atoms with Crippen LogP contribution in [0.1, 0.15) is 0 Å². The van der Waals surface area contributed by atoms with Gasteiger partial charge in [0.2, 0.25) is 0 Å². The molecular weight excluding hydrogens is 853 g/mol. The fraction of sp³-hybridized carbons (Fsp3) is 0. The van der Waals surface area contributed by atoms with Gasteiger partial charge in [-0.1, -0.05) is 146 Å². The Morgan fingerprint density at radius 1 is 0.314 bits per heavy atom. The van der Waals surface area contributed by atoms with Crippen molar-refractivity contribution in [2.45, 2.75) is 0 Å². The molecule has 0 saturated carbocycles. The molecule has 0 unspecified atom stereocenters. The van der Waals surface area contributed by atoms with Crippen LogP contribution in [0.2, 0.25) is 0 Å². The Labute approximate surface area is 403 Å². The summed E-state index contributed by atoms with van der Waals surface area (Å²) in [5, 5.41) is 5.90. The van der Waals surface area contributed by atoms with E-state index >= 15 is 0 Å². The Morgan fingerprint density at radius 2 is 0.814 bits per heavy atom. The fourth-order valence-electron chi connectivity index (χ4n) is 10.5. The first-order valence-corrected chi connectivity index (χ1v) is 23.7. The number of fused-ring (bicyclic) bond motifs is 8. The molecule has 6 heteroatoms. The molecule has 14 aromatic rings. The molecule has 9 aromatic carbocycles. The summed E-state index contributed by atoms with van der Waals surface area (Å²) in [5.74, 6) is 0.722. The number of para-hydroxylation sites is 3. The zero-order valence-corrected chi connectivity index (χ0v) is 37.9. The molecule has 0 aliphatic carbocycles. The van der Waals surface area contributed by atoms with Crippen LogP contribution in [0.25, 0.3) is 128 Å². The van der Waals surface area contributed by atoms with Gasteiger partial charge in [-0.3, -0.25) is 0 Å². The monoisotopic (exact) mass is 893 g/mol. The van der Waals surface area contributed by atoms with E-state index in [1.54, 1.807) is 0 Å². The maximum atomic E-state index is 5.14. The van der Waals surface area contributed by atoms with Gasteiger partial charge in [0, 0.05) is 72.7 Å². The van der Waals surface area contributed by atoms with Crippen molar-refractivity contribution in [3.05, 3.63) is 249 Å².